The summed E-state index contributed by atoms with van der Waals surface area (Å²) in [6.07, 6.45) is 5.40. The highest BCUT2D eigenvalue weighted by molar-refractivity contribution is 5.73. The van der Waals surface area contributed by atoms with E-state index in [1.807, 2.05) is 0 Å². The summed E-state index contributed by atoms with van der Waals surface area (Å²) in [5.74, 6) is -0.883. The van der Waals surface area contributed by atoms with Gasteiger partial charge in [0.25, 0.3) is 0 Å². The van der Waals surface area contributed by atoms with Gasteiger partial charge in [-0.2, -0.15) is 0 Å². The van der Waals surface area contributed by atoms with Crippen molar-refractivity contribution in [3.8, 4) is 0 Å². The second-order valence-electron chi connectivity index (χ2n) is 5.28. The maximum absolute atomic E-state index is 10.5. The van der Waals surface area contributed by atoms with Crippen molar-refractivity contribution in [3.63, 3.8) is 0 Å². The van der Waals surface area contributed by atoms with Crippen molar-refractivity contribution in [2.45, 2.75) is 44.6 Å². The predicted octanol–water partition coefficient (Wildman–Crippen LogP) is 0.659. The van der Waals surface area contributed by atoms with Gasteiger partial charge in [0.05, 0.1) is 5.92 Å². The molecule has 1 aliphatic heterocycles. The summed E-state index contributed by atoms with van der Waals surface area (Å²) in [6.45, 7) is 1.57. The van der Waals surface area contributed by atoms with E-state index >= 15 is 0 Å². The molecule has 2 aliphatic rings. The third kappa shape index (κ3) is 5.57. The molecule has 0 bridgehead atoms. The molecule has 0 amide bonds. The molecule has 1 saturated carbocycles. The van der Waals surface area contributed by atoms with Gasteiger partial charge in [0.2, 0.25) is 0 Å². The van der Waals surface area contributed by atoms with E-state index in [2.05, 4.69) is 5.32 Å². The summed E-state index contributed by atoms with van der Waals surface area (Å²) < 4.78 is 0. The molecule has 110 valence electrons. The van der Waals surface area contributed by atoms with Crippen molar-refractivity contribution in [1.29, 1.82) is 0 Å². The first kappa shape index (κ1) is 15.9. The number of carbonyl (C=O) groups is 2. The minimum Gasteiger partial charge on any atom is -0.481 e. The number of nitrogens with one attached hydrogen (secondary N) is 1. The zero-order valence-corrected chi connectivity index (χ0v) is 11.2. The van der Waals surface area contributed by atoms with Gasteiger partial charge in [0.1, 0.15) is 6.04 Å². The highest BCUT2D eigenvalue weighted by Crippen LogP contribution is 2.27. The van der Waals surface area contributed by atoms with Crippen molar-refractivity contribution >= 4 is 11.9 Å². The van der Waals surface area contributed by atoms with Gasteiger partial charge in [-0.3, -0.25) is 9.59 Å². The van der Waals surface area contributed by atoms with Crippen LogP contribution in [0.4, 0.5) is 0 Å². The topological polar surface area (TPSA) is 113 Å². The molecular formula is C13H24N2O4. The molecule has 19 heavy (non-hydrogen) atoms. The first-order valence-corrected chi connectivity index (χ1v) is 6.93. The quantitative estimate of drug-likeness (QED) is 0.600. The van der Waals surface area contributed by atoms with Crippen LogP contribution in [0.25, 0.3) is 0 Å². The summed E-state index contributed by atoms with van der Waals surface area (Å²) in [4.78, 5) is 20.7. The van der Waals surface area contributed by atoms with Crippen LogP contribution in [-0.2, 0) is 9.59 Å². The lowest BCUT2D eigenvalue weighted by Gasteiger charge is -2.24. The fourth-order valence-electron chi connectivity index (χ4n) is 2.54. The fourth-order valence-corrected chi connectivity index (χ4v) is 2.54. The smallest absolute Gasteiger partial charge is 0.320 e. The van der Waals surface area contributed by atoms with E-state index in [0.29, 0.717) is 12.5 Å². The average Bonchev–Trinajstić information content (AvgIpc) is 2.93. The zero-order valence-electron chi connectivity index (χ0n) is 11.2. The molecule has 6 nitrogen and oxygen atoms in total. The van der Waals surface area contributed by atoms with E-state index in [9.17, 15) is 9.59 Å². The number of nitrogens with two attached hydrogens (primary N) is 1. The van der Waals surface area contributed by atoms with Crippen LogP contribution >= 0.6 is 0 Å². The number of rotatable bonds is 3. The van der Waals surface area contributed by atoms with Crippen LogP contribution in [0.2, 0.25) is 0 Å². The van der Waals surface area contributed by atoms with Gasteiger partial charge in [-0.25, -0.2) is 0 Å². The first-order chi connectivity index (χ1) is 9.04. The molecule has 2 fully saturated rings. The largest absolute Gasteiger partial charge is 0.481 e. The van der Waals surface area contributed by atoms with Gasteiger partial charge in [-0.05, 0) is 57.5 Å². The van der Waals surface area contributed by atoms with E-state index < -0.39 is 11.9 Å². The van der Waals surface area contributed by atoms with Crippen LogP contribution in [0.1, 0.15) is 38.5 Å². The SMILES string of the molecule is NC[C@H]1CC[C@H](C(=O)O)CC1.O=C(O)[C@@H]1CCCN1. The lowest BCUT2D eigenvalue weighted by Crippen LogP contribution is -2.29. The molecule has 1 atom stereocenters. The third-order valence-corrected chi connectivity index (χ3v) is 3.89. The zero-order chi connectivity index (χ0) is 14.3. The van der Waals surface area contributed by atoms with Gasteiger partial charge in [0, 0.05) is 0 Å². The maximum atomic E-state index is 10.5. The van der Waals surface area contributed by atoms with E-state index in [1.54, 1.807) is 0 Å². The summed E-state index contributed by atoms with van der Waals surface area (Å²) in [5.41, 5.74) is 5.48. The second-order valence-corrected chi connectivity index (χ2v) is 5.28. The van der Waals surface area contributed by atoms with Crippen LogP contribution in [0, 0.1) is 11.8 Å². The number of carboxylic acid groups (broad SMARTS) is 2. The van der Waals surface area contributed by atoms with E-state index in [0.717, 1.165) is 45.1 Å². The minimum absolute atomic E-state index is 0.0993. The van der Waals surface area contributed by atoms with Crippen LogP contribution in [0.15, 0.2) is 0 Å². The second kappa shape index (κ2) is 8.12. The van der Waals surface area contributed by atoms with Crippen molar-refractivity contribution in [3.05, 3.63) is 0 Å². The number of aliphatic carboxylic acids is 2. The van der Waals surface area contributed by atoms with Crippen molar-refractivity contribution in [1.82, 2.24) is 5.32 Å². The van der Waals surface area contributed by atoms with Gasteiger partial charge in [-0.15, -0.1) is 0 Å². The Labute approximate surface area is 113 Å². The average molecular weight is 272 g/mol. The molecule has 0 radical (unpaired) electrons. The molecule has 0 unspecified atom stereocenters. The molecule has 0 aromatic rings. The van der Waals surface area contributed by atoms with Gasteiger partial charge in [0.15, 0.2) is 0 Å². The molecular weight excluding hydrogens is 248 g/mol. The molecule has 1 saturated heterocycles. The van der Waals surface area contributed by atoms with Crippen LogP contribution in [0.3, 0.4) is 0 Å². The minimum atomic E-state index is -0.720. The number of hydrogen-bond acceptors (Lipinski definition) is 4. The lowest BCUT2D eigenvalue weighted by atomic mass is 9.82. The normalized spacial score (nSPS) is 30.3. The standard InChI is InChI=1S/C8H15NO2.C5H9NO2/c9-5-6-1-3-7(4-2-6)8(10)11;7-5(8)4-2-1-3-6-4/h6-7H,1-5,9H2,(H,10,11);4,6H,1-3H2,(H,7,8)/t6-,7-;4-/m.0/s1. The van der Waals surface area contributed by atoms with E-state index in [4.69, 9.17) is 15.9 Å². The number of hydrogen-bond donors (Lipinski definition) is 4. The fraction of sp³-hybridized carbons (Fsp3) is 0.846. The maximum Gasteiger partial charge on any atom is 0.320 e. The molecule has 1 heterocycles. The Morgan fingerprint density at radius 2 is 1.68 bits per heavy atom. The number of carboxylic acids is 2. The highest BCUT2D eigenvalue weighted by atomic mass is 16.4. The summed E-state index contributed by atoms with van der Waals surface area (Å²) in [6, 6.07) is -0.269. The van der Waals surface area contributed by atoms with Crippen LogP contribution < -0.4 is 11.1 Å². The van der Waals surface area contributed by atoms with Gasteiger partial charge in [-0.1, -0.05) is 0 Å². The Morgan fingerprint density at radius 3 is 2.00 bits per heavy atom. The Balaban J connectivity index is 0.000000200. The molecule has 0 aromatic carbocycles. The summed E-state index contributed by atoms with van der Waals surface area (Å²) in [7, 11) is 0. The van der Waals surface area contributed by atoms with E-state index in [-0.39, 0.29) is 12.0 Å². The molecule has 6 heteroatoms. The van der Waals surface area contributed by atoms with Crippen LogP contribution in [0.5, 0.6) is 0 Å². The molecule has 0 spiro atoms. The molecule has 1 aliphatic carbocycles. The summed E-state index contributed by atoms with van der Waals surface area (Å²) in [5, 5.41) is 19.9. The Hall–Kier alpha value is -1.14. The molecule has 0 aromatic heterocycles. The Morgan fingerprint density at radius 1 is 1.05 bits per heavy atom. The van der Waals surface area contributed by atoms with E-state index in [1.165, 1.54) is 0 Å². The van der Waals surface area contributed by atoms with Crippen molar-refractivity contribution in [2.24, 2.45) is 17.6 Å². The van der Waals surface area contributed by atoms with Crippen molar-refractivity contribution < 1.29 is 19.8 Å². The van der Waals surface area contributed by atoms with Gasteiger partial charge < -0.3 is 21.3 Å². The Kier molecular flexibility index (Phi) is 6.80. The molecule has 2 rings (SSSR count). The highest BCUT2D eigenvalue weighted by Gasteiger charge is 2.24. The summed E-state index contributed by atoms with van der Waals surface area (Å²) >= 11 is 0. The Bertz CT molecular complexity index is 295. The van der Waals surface area contributed by atoms with Gasteiger partial charge >= 0.3 is 11.9 Å². The van der Waals surface area contributed by atoms with Crippen molar-refractivity contribution in [2.75, 3.05) is 13.1 Å². The first-order valence-electron chi connectivity index (χ1n) is 6.93. The molecule has 5 N–H and O–H groups in total. The predicted molar refractivity (Wildman–Crippen MR) is 70.8 cm³/mol. The monoisotopic (exact) mass is 272 g/mol. The van der Waals surface area contributed by atoms with Crippen LogP contribution in [-0.4, -0.2) is 41.3 Å². The lowest BCUT2D eigenvalue weighted by molar-refractivity contribution is -0.143. The third-order valence-electron chi connectivity index (χ3n) is 3.89.